The summed E-state index contributed by atoms with van der Waals surface area (Å²) in [6, 6.07) is 14.9. The van der Waals surface area contributed by atoms with Crippen molar-refractivity contribution in [3.8, 4) is 17.2 Å². The third-order valence-electron chi connectivity index (χ3n) is 5.51. The summed E-state index contributed by atoms with van der Waals surface area (Å²) in [5.74, 6) is 1.15. The topological polar surface area (TPSA) is 81.6 Å². The Labute approximate surface area is 187 Å². The molecule has 7 nitrogen and oxygen atoms in total. The highest BCUT2D eigenvalue weighted by Crippen LogP contribution is 2.33. The second-order valence-corrected chi connectivity index (χ2v) is 7.95. The number of benzene rings is 2. The molecule has 0 radical (unpaired) electrons. The minimum absolute atomic E-state index is 0.134. The van der Waals surface area contributed by atoms with Crippen molar-refractivity contribution in [2.75, 3.05) is 18.5 Å². The third kappa shape index (κ3) is 4.32. The average molecular weight is 434 g/mol. The molecule has 0 bridgehead atoms. The van der Waals surface area contributed by atoms with Crippen LogP contribution in [0.15, 0.2) is 48.5 Å². The van der Waals surface area contributed by atoms with Crippen molar-refractivity contribution in [2.24, 2.45) is 0 Å². The fourth-order valence-electron chi connectivity index (χ4n) is 4.01. The molecule has 2 N–H and O–H groups in total. The van der Waals surface area contributed by atoms with Gasteiger partial charge in [0.2, 0.25) is 5.91 Å². The summed E-state index contributed by atoms with van der Waals surface area (Å²) >= 11 is 0. The molecule has 32 heavy (non-hydrogen) atoms. The van der Waals surface area contributed by atoms with E-state index in [1.54, 1.807) is 0 Å². The number of ether oxygens (including phenoxy) is 2. The van der Waals surface area contributed by atoms with Gasteiger partial charge in [-0.15, -0.1) is 0 Å². The van der Waals surface area contributed by atoms with Gasteiger partial charge >= 0.3 is 0 Å². The van der Waals surface area contributed by atoms with Gasteiger partial charge in [0.15, 0.2) is 11.5 Å². The molecule has 0 saturated heterocycles. The predicted octanol–water partition coefficient (Wildman–Crippen LogP) is 4.31. The number of aromatic nitrogens is 1. The summed E-state index contributed by atoms with van der Waals surface area (Å²) < 4.78 is 13.4. The van der Waals surface area contributed by atoms with E-state index in [-0.39, 0.29) is 17.9 Å². The van der Waals surface area contributed by atoms with E-state index in [0.717, 1.165) is 28.4 Å². The number of aryl methyl sites for hydroxylation is 1. The van der Waals surface area contributed by atoms with E-state index in [0.29, 0.717) is 30.2 Å². The van der Waals surface area contributed by atoms with Crippen LogP contribution in [0.25, 0.3) is 5.69 Å². The van der Waals surface area contributed by atoms with E-state index >= 15 is 0 Å². The van der Waals surface area contributed by atoms with Crippen LogP contribution in [-0.2, 0) is 4.79 Å². The zero-order valence-corrected chi connectivity index (χ0v) is 18.7. The van der Waals surface area contributed by atoms with E-state index in [2.05, 4.69) is 10.6 Å². The second kappa shape index (κ2) is 8.78. The highest BCUT2D eigenvalue weighted by atomic mass is 16.6. The fraction of sp³-hybridized carbons (Fsp3) is 0.280. The summed E-state index contributed by atoms with van der Waals surface area (Å²) in [7, 11) is 0. The Morgan fingerprint density at radius 2 is 1.75 bits per heavy atom. The Morgan fingerprint density at radius 3 is 2.50 bits per heavy atom. The normalized spacial score (nSPS) is 13.4. The highest BCUT2D eigenvalue weighted by Gasteiger charge is 2.20. The summed E-state index contributed by atoms with van der Waals surface area (Å²) in [5, 5.41) is 5.84. The molecule has 1 atom stereocenters. The Bertz CT molecular complexity index is 1180. The summed E-state index contributed by atoms with van der Waals surface area (Å²) in [4.78, 5) is 24.4. The zero-order valence-electron chi connectivity index (χ0n) is 18.7. The third-order valence-corrected chi connectivity index (χ3v) is 5.51. The number of carbonyl (C=O) groups excluding carboxylic acids is 2. The van der Waals surface area contributed by atoms with Gasteiger partial charge in [-0.05, 0) is 56.7 Å². The van der Waals surface area contributed by atoms with Crippen LogP contribution in [0, 0.1) is 13.8 Å². The van der Waals surface area contributed by atoms with Gasteiger partial charge in [0.1, 0.15) is 13.2 Å². The first-order chi connectivity index (χ1) is 15.3. The molecule has 0 saturated carbocycles. The molecule has 1 aliphatic heterocycles. The van der Waals surface area contributed by atoms with Gasteiger partial charge in [-0.3, -0.25) is 9.59 Å². The smallest absolute Gasteiger partial charge is 0.253 e. The maximum Gasteiger partial charge on any atom is 0.253 e. The van der Waals surface area contributed by atoms with Crippen molar-refractivity contribution in [1.29, 1.82) is 0 Å². The molecule has 1 unspecified atom stereocenters. The Balaban J connectivity index is 1.56. The lowest BCUT2D eigenvalue weighted by Crippen LogP contribution is -2.27. The summed E-state index contributed by atoms with van der Waals surface area (Å²) in [6.45, 7) is 8.36. The Hall–Kier alpha value is -3.74. The first kappa shape index (κ1) is 21.5. The van der Waals surface area contributed by atoms with Gasteiger partial charge < -0.3 is 24.7 Å². The number of fused-ring (bicyclic) bond motifs is 1. The number of nitrogens with one attached hydrogen (secondary N) is 2. The number of nitrogens with zero attached hydrogens (tertiary/aromatic N) is 1. The molecular formula is C25H27N3O4. The lowest BCUT2D eigenvalue weighted by molar-refractivity contribution is -0.114. The minimum atomic E-state index is -0.228. The summed E-state index contributed by atoms with van der Waals surface area (Å²) in [6.07, 6.45) is 0. The van der Waals surface area contributed by atoms with Crippen molar-refractivity contribution in [2.45, 2.75) is 33.7 Å². The molecule has 166 valence electrons. The number of hydrogen-bond acceptors (Lipinski definition) is 4. The van der Waals surface area contributed by atoms with Crippen LogP contribution in [0.3, 0.4) is 0 Å². The molecule has 4 rings (SSSR count). The second-order valence-electron chi connectivity index (χ2n) is 7.95. The molecule has 0 fully saturated rings. The predicted molar refractivity (Wildman–Crippen MR) is 123 cm³/mol. The van der Waals surface area contributed by atoms with Gasteiger partial charge in [0.05, 0.1) is 11.6 Å². The van der Waals surface area contributed by atoms with Gasteiger partial charge in [-0.25, -0.2) is 0 Å². The molecule has 7 heteroatoms. The Morgan fingerprint density at radius 1 is 1.00 bits per heavy atom. The maximum absolute atomic E-state index is 13.1. The van der Waals surface area contributed by atoms with Crippen LogP contribution in [0.2, 0.25) is 0 Å². The molecule has 2 amide bonds. The van der Waals surface area contributed by atoms with Crippen molar-refractivity contribution in [1.82, 2.24) is 9.88 Å². The molecule has 1 aliphatic rings. The first-order valence-corrected chi connectivity index (χ1v) is 10.6. The minimum Gasteiger partial charge on any atom is -0.486 e. The molecular weight excluding hydrogens is 406 g/mol. The van der Waals surface area contributed by atoms with Crippen molar-refractivity contribution >= 4 is 17.5 Å². The van der Waals surface area contributed by atoms with Gasteiger partial charge in [0.25, 0.3) is 5.91 Å². The fourth-order valence-corrected chi connectivity index (χ4v) is 4.01. The molecule has 1 aromatic heterocycles. The van der Waals surface area contributed by atoms with Crippen LogP contribution in [0.1, 0.15) is 47.2 Å². The van der Waals surface area contributed by atoms with Crippen molar-refractivity contribution in [3.05, 3.63) is 71.0 Å². The number of amides is 2. The summed E-state index contributed by atoms with van der Waals surface area (Å²) in [5.41, 5.74) is 4.93. The maximum atomic E-state index is 13.1. The SMILES string of the molecule is CC(=O)Nc1cccc(C(C)NC(=O)c2cc(C)n(-c3ccc4c(c3)OCCO4)c2C)c1. The first-order valence-electron chi connectivity index (χ1n) is 10.6. The van der Waals surface area contributed by atoms with E-state index in [1.807, 2.05) is 73.9 Å². The monoisotopic (exact) mass is 433 g/mol. The van der Waals surface area contributed by atoms with E-state index in [4.69, 9.17) is 9.47 Å². The standard InChI is InChI=1S/C25H27N3O4/c1-15-12-22(17(3)28(15)21-8-9-23-24(14-21)32-11-10-31-23)25(30)26-16(2)19-6-5-7-20(13-19)27-18(4)29/h5-9,12-14,16H,10-11H2,1-4H3,(H,26,30)(H,27,29). The van der Waals surface area contributed by atoms with Crippen molar-refractivity contribution in [3.63, 3.8) is 0 Å². The van der Waals surface area contributed by atoms with Gasteiger partial charge in [-0.2, -0.15) is 0 Å². The average Bonchev–Trinajstić information content (AvgIpc) is 3.07. The molecule has 3 aromatic rings. The molecule has 0 spiro atoms. The van der Waals surface area contributed by atoms with E-state index < -0.39 is 0 Å². The van der Waals surface area contributed by atoms with Crippen LogP contribution < -0.4 is 20.1 Å². The quantitative estimate of drug-likeness (QED) is 0.628. The molecule has 2 aromatic carbocycles. The van der Waals surface area contributed by atoms with Crippen LogP contribution in [0.5, 0.6) is 11.5 Å². The molecule has 2 heterocycles. The highest BCUT2D eigenvalue weighted by molar-refractivity contribution is 5.96. The largest absolute Gasteiger partial charge is 0.486 e. The van der Waals surface area contributed by atoms with Crippen molar-refractivity contribution < 1.29 is 19.1 Å². The number of anilines is 1. The lowest BCUT2D eigenvalue weighted by atomic mass is 10.1. The van der Waals surface area contributed by atoms with Crippen LogP contribution in [-0.4, -0.2) is 29.6 Å². The van der Waals surface area contributed by atoms with Gasteiger partial charge in [0, 0.05) is 35.8 Å². The Kier molecular flexibility index (Phi) is 5.90. The molecule has 0 aliphatic carbocycles. The number of carbonyl (C=O) groups is 2. The van der Waals surface area contributed by atoms with E-state index in [1.165, 1.54) is 6.92 Å². The van der Waals surface area contributed by atoms with Crippen LogP contribution >= 0.6 is 0 Å². The lowest BCUT2D eigenvalue weighted by Gasteiger charge is -2.20. The van der Waals surface area contributed by atoms with Gasteiger partial charge in [-0.1, -0.05) is 12.1 Å². The number of hydrogen-bond donors (Lipinski definition) is 2. The van der Waals surface area contributed by atoms with E-state index in [9.17, 15) is 9.59 Å². The zero-order chi connectivity index (χ0) is 22.8. The van der Waals surface area contributed by atoms with Crippen LogP contribution in [0.4, 0.5) is 5.69 Å². The number of rotatable bonds is 5.